The van der Waals surface area contributed by atoms with Crippen LogP contribution in [0, 0.1) is 11.7 Å². The van der Waals surface area contributed by atoms with Gasteiger partial charge in [0.25, 0.3) is 0 Å². The number of benzene rings is 1. The Kier molecular flexibility index (Phi) is 4.60. The Hall–Kier alpha value is -1.00. The summed E-state index contributed by atoms with van der Waals surface area (Å²) in [5, 5.41) is 9.78. The number of hydrogen-bond donors (Lipinski definition) is 3. The number of aromatic hydroxyl groups is 1. The van der Waals surface area contributed by atoms with Crippen molar-refractivity contribution in [3.8, 4) is 5.75 Å². The second kappa shape index (κ2) is 5.56. The van der Waals surface area contributed by atoms with Crippen molar-refractivity contribution < 1.29 is 9.50 Å². The van der Waals surface area contributed by atoms with E-state index < -0.39 is 5.82 Å². The molecule has 1 fully saturated rings. The quantitative estimate of drug-likeness (QED) is 0.566. The molecule has 0 amide bonds. The van der Waals surface area contributed by atoms with Crippen LogP contribution in [0.4, 0.5) is 10.1 Å². The van der Waals surface area contributed by atoms with Gasteiger partial charge < -0.3 is 16.6 Å². The molecule has 0 heterocycles. The summed E-state index contributed by atoms with van der Waals surface area (Å²) in [6.07, 6.45) is 4.39. The third-order valence-electron chi connectivity index (χ3n) is 3.40. The zero-order valence-electron chi connectivity index (χ0n) is 9.53. The molecule has 0 aliphatic heterocycles. The fraction of sp³-hybridized carbons (Fsp3) is 0.500. The van der Waals surface area contributed by atoms with Gasteiger partial charge in [-0.2, -0.15) is 0 Å². The van der Waals surface area contributed by atoms with Crippen molar-refractivity contribution in [2.75, 3.05) is 5.73 Å². The fourth-order valence-corrected chi connectivity index (χ4v) is 2.47. The molecule has 5 heteroatoms. The van der Waals surface area contributed by atoms with Gasteiger partial charge in [0.1, 0.15) is 11.6 Å². The van der Waals surface area contributed by atoms with E-state index in [2.05, 4.69) is 0 Å². The molecule has 96 valence electrons. The number of nitrogen functional groups attached to an aromatic ring is 1. The van der Waals surface area contributed by atoms with Crippen molar-refractivity contribution in [3.63, 3.8) is 0 Å². The average molecular weight is 261 g/mol. The van der Waals surface area contributed by atoms with Crippen LogP contribution in [0.1, 0.15) is 37.3 Å². The highest BCUT2D eigenvalue weighted by atomic mass is 35.5. The lowest BCUT2D eigenvalue weighted by Crippen LogP contribution is -2.19. The molecule has 0 aromatic heterocycles. The summed E-state index contributed by atoms with van der Waals surface area (Å²) in [4.78, 5) is 0. The van der Waals surface area contributed by atoms with E-state index in [0.29, 0.717) is 11.5 Å². The predicted octanol–water partition coefficient (Wildman–Crippen LogP) is 2.73. The summed E-state index contributed by atoms with van der Waals surface area (Å²) in [6, 6.07) is 2.08. The molecule has 2 rings (SSSR count). The van der Waals surface area contributed by atoms with E-state index in [0.717, 1.165) is 31.7 Å². The third-order valence-corrected chi connectivity index (χ3v) is 3.40. The van der Waals surface area contributed by atoms with Crippen LogP contribution < -0.4 is 11.5 Å². The molecule has 0 bridgehead atoms. The Morgan fingerprint density at radius 2 is 1.88 bits per heavy atom. The summed E-state index contributed by atoms with van der Waals surface area (Å²) < 4.78 is 13.2. The highest BCUT2D eigenvalue weighted by Crippen LogP contribution is 2.39. The topological polar surface area (TPSA) is 72.3 Å². The minimum Gasteiger partial charge on any atom is -0.505 e. The summed E-state index contributed by atoms with van der Waals surface area (Å²) >= 11 is 0. The first-order chi connectivity index (χ1) is 7.59. The van der Waals surface area contributed by atoms with Crippen LogP contribution in [-0.2, 0) is 0 Å². The number of hydrogen-bond acceptors (Lipinski definition) is 3. The first-order valence-corrected chi connectivity index (χ1v) is 5.63. The SMILES string of the molecule is Cl.Nc1cc(F)cc([C@H](N)C2CCCC2)c1O. The normalized spacial score (nSPS) is 17.8. The molecule has 0 spiro atoms. The molecule has 1 aliphatic rings. The Bertz CT molecular complexity index is 394. The highest BCUT2D eigenvalue weighted by Gasteiger charge is 2.26. The first kappa shape index (κ1) is 14.1. The molecule has 0 radical (unpaired) electrons. The van der Waals surface area contributed by atoms with Crippen LogP contribution in [0.3, 0.4) is 0 Å². The average Bonchev–Trinajstić information content (AvgIpc) is 2.75. The van der Waals surface area contributed by atoms with E-state index >= 15 is 0 Å². The van der Waals surface area contributed by atoms with E-state index in [4.69, 9.17) is 11.5 Å². The number of nitrogens with two attached hydrogens (primary N) is 2. The molecule has 5 N–H and O–H groups in total. The van der Waals surface area contributed by atoms with Crippen molar-refractivity contribution in [1.82, 2.24) is 0 Å². The predicted molar refractivity (Wildman–Crippen MR) is 68.6 cm³/mol. The molecular formula is C12H18ClFN2O. The standard InChI is InChI=1S/C12H17FN2O.ClH/c13-8-5-9(12(16)10(14)6-8)11(15)7-3-1-2-4-7;/h5-7,11,16H,1-4,14-15H2;1H/t11-;/m1./s1. The van der Waals surface area contributed by atoms with Gasteiger partial charge in [0.2, 0.25) is 0 Å². The second-order valence-corrected chi connectivity index (χ2v) is 4.50. The lowest BCUT2D eigenvalue weighted by molar-refractivity contribution is 0.411. The second-order valence-electron chi connectivity index (χ2n) is 4.50. The summed E-state index contributed by atoms with van der Waals surface area (Å²) in [5.74, 6) is -0.188. The van der Waals surface area contributed by atoms with Gasteiger partial charge in [-0.1, -0.05) is 12.8 Å². The Balaban J connectivity index is 0.00000144. The van der Waals surface area contributed by atoms with Crippen molar-refractivity contribution >= 4 is 18.1 Å². The van der Waals surface area contributed by atoms with Crippen molar-refractivity contribution in [1.29, 1.82) is 0 Å². The third kappa shape index (κ3) is 2.82. The number of halogens is 2. The van der Waals surface area contributed by atoms with Crippen molar-refractivity contribution in [3.05, 3.63) is 23.5 Å². The van der Waals surface area contributed by atoms with Gasteiger partial charge in [-0.05, 0) is 24.8 Å². The summed E-state index contributed by atoms with van der Waals surface area (Å²) in [5.41, 5.74) is 12.1. The maximum absolute atomic E-state index is 13.2. The fourth-order valence-electron chi connectivity index (χ4n) is 2.47. The monoisotopic (exact) mass is 260 g/mol. The molecule has 1 aliphatic carbocycles. The van der Waals surface area contributed by atoms with Gasteiger partial charge >= 0.3 is 0 Å². The molecule has 1 aromatic carbocycles. The first-order valence-electron chi connectivity index (χ1n) is 5.63. The lowest BCUT2D eigenvalue weighted by Gasteiger charge is -2.20. The zero-order chi connectivity index (χ0) is 11.7. The van der Waals surface area contributed by atoms with Gasteiger partial charge in [-0.25, -0.2) is 4.39 Å². The highest BCUT2D eigenvalue weighted by molar-refractivity contribution is 5.85. The van der Waals surface area contributed by atoms with Crippen LogP contribution in [0.5, 0.6) is 5.75 Å². The summed E-state index contributed by atoms with van der Waals surface area (Å²) in [7, 11) is 0. The van der Waals surface area contributed by atoms with Crippen molar-refractivity contribution in [2.24, 2.45) is 11.7 Å². The molecule has 3 nitrogen and oxygen atoms in total. The molecule has 0 unspecified atom stereocenters. The summed E-state index contributed by atoms with van der Waals surface area (Å²) in [6.45, 7) is 0. The number of phenols is 1. The van der Waals surface area contributed by atoms with Crippen LogP contribution in [0.25, 0.3) is 0 Å². The largest absolute Gasteiger partial charge is 0.505 e. The van der Waals surface area contributed by atoms with Gasteiger partial charge in [-0.3, -0.25) is 0 Å². The van der Waals surface area contributed by atoms with Crippen LogP contribution >= 0.6 is 12.4 Å². The molecular weight excluding hydrogens is 243 g/mol. The number of phenolic OH excluding ortho intramolecular Hbond substituents is 1. The minimum absolute atomic E-state index is 0. The maximum atomic E-state index is 13.2. The van der Waals surface area contributed by atoms with E-state index in [1.54, 1.807) is 0 Å². The zero-order valence-corrected chi connectivity index (χ0v) is 10.3. The lowest BCUT2D eigenvalue weighted by atomic mass is 9.91. The number of rotatable bonds is 2. The minimum atomic E-state index is -0.446. The van der Waals surface area contributed by atoms with E-state index in [1.807, 2.05) is 0 Å². The van der Waals surface area contributed by atoms with Crippen LogP contribution in [0.15, 0.2) is 12.1 Å². The Morgan fingerprint density at radius 3 is 2.47 bits per heavy atom. The van der Waals surface area contributed by atoms with Gasteiger partial charge in [0.05, 0.1) is 5.69 Å². The van der Waals surface area contributed by atoms with Gasteiger partial charge in [0, 0.05) is 17.7 Å². The molecule has 0 saturated heterocycles. The van der Waals surface area contributed by atoms with Crippen LogP contribution in [-0.4, -0.2) is 5.11 Å². The van der Waals surface area contributed by atoms with Crippen molar-refractivity contribution in [2.45, 2.75) is 31.7 Å². The molecule has 1 saturated carbocycles. The smallest absolute Gasteiger partial charge is 0.143 e. The maximum Gasteiger partial charge on any atom is 0.143 e. The number of anilines is 1. The molecule has 1 atom stereocenters. The van der Waals surface area contributed by atoms with Gasteiger partial charge in [-0.15, -0.1) is 12.4 Å². The van der Waals surface area contributed by atoms with E-state index in [-0.39, 0.29) is 29.9 Å². The molecule has 17 heavy (non-hydrogen) atoms. The Morgan fingerprint density at radius 1 is 1.29 bits per heavy atom. The van der Waals surface area contributed by atoms with Crippen LogP contribution in [0.2, 0.25) is 0 Å². The van der Waals surface area contributed by atoms with E-state index in [9.17, 15) is 9.50 Å². The Labute approximate surface area is 106 Å². The molecule has 1 aromatic rings. The van der Waals surface area contributed by atoms with E-state index in [1.165, 1.54) is 6.07 Å². The van der Waals surface area contributed by atoms with Gasteiger partial charge in [0.15, 0.2) is 0 Å².